The van der Waals surface area contributed by atoms with Gasteiger partial charge in [-0.05, 0) is 56.7 Å². The lowest BCUT2D eigenvalue weighted by Crippen LogP contribution is -2.37. The van der Waals surface area contributed by atoms with Crippen LogP contribution >= 0.6 is 0 Å². The van der Waals surface area contributed by atoms with Crippen LogP contribution in [-0.2, 0) is 9.59 Å². The second-order valence-electron chi connectivity index (χ2n) is 7.20. The largest absolute Gasteiger partial charge is 0.490 e. The first-order valence-electron chi connectivity index (χ1n) is 9.47. The molecule has 3 aromatic rings. The Balaban J connectivity index is 1.80. The molecule has 0 bridgehead atoms. The molecule has 1 aliphatic heterocycles. The minimum Gasteiger partial charge on any atom is -0.490 e. The molecule has 7 nitrogen and oxygen atoms in total. The van der Waals surface area contributed by atoms with E-state index in [0.717, 1.165) is 0 Å². The number of aromatic nitrogens is 2. The summed E-state index contributed by atoms with van der Waals surface area (Å²) < 4.78 is 20.9. The fourth-order valence-electron chi connectivity index (χ4n) is 3.37. The van der Waals surface area contributed by atoms with E-state index in [2.05, 4.69) is 15.7 Å². The van der Waals surface area contributed by atoms with Crippen molar-refractivity contribution in [2.75, 3.05) is 5.32 Å². The summed E-state index contributed by atoms with van der Waals surface area (Å²) in [5.41, 5.74) is 1.35. The van der Waals surface area contributed by atoms with E-state index in [-0.39, 0.29) is 23.7 Å². The van der Waals surface area contributed by atoms with Crippen molar-refractivity contribution in [1.29, 1.82) is 0 Å². The molecule has 4 rings (SSSR count). The molecule has 2 aromatic carbocycles. The molecule has 0 aliphatic carbocycles. The van der Waals surface area contributed by atoms with E-state index in [1.165, 1.54) is 12.1 Å². The Labute approximate surface area is 166 Å². The van der Waals surface area contributed by atoms with Gasteiger partial charge in [0.05, 0.1) is 22.7 Å². The molecule has 1 aromatic heterocycles. The van der Waals surface area contributed by atoms with Crippen LogP contribution in [0.4, 0.5) is 10.2 Å². The van der Waals surface area contributed by atoms with Gasteiger partial charge in [-0.1, -0.05) is 6.07 Å². The first kappa shape index (κ1) is 18.9. The third kappa shape index (κ3) is 3.78. The van der Waals surface area contributed by atoms with Gasteiger partial charge in [0.15, 0.2) is 5.82 Å². The van der Waals surface area contributed by atoms with Gasteiger partial charge >= 0.3 is 0 Å². The highest BCUT2D eigenvalue weighted by Gasteiger charge is 2.29. The van der Waals surface area contributed by atoms with Gasteiger partial charge in [-0.15, -0.1) is 5.10 Å². The van der Waals surface area contributed by atoms with E-state index in [1.807, 2.05) is 32.0 Å². The number of carbonyl (C=O) groups excluding carboxylic acids is 2. The zero-order valence-electron chi connectivity index (χ0n) is 16.1. The number of halogens is 1. The van der Waals surface area contributed by atoms with Gasteiger partial charge in [-0.3, -0.25) is 9.59 Å². The van der Waals surface area contributed by atoms with Crippen LogP contribution in [0.25, 0.3) is 16.6 Å². The van der Waals surface area contributed by atoms with Crippen LogP contribution in [0.15, 0.2) is 42.5 Å². The fourth-order valence-corrected chi connectivity index (χ4v) is 3.37. The van der Waals surface area contributed by atoms with Crippen molar-refractivity contribution < 1.29 is 18.7 Å². The highest BCUT2D eigenvalue weighted by atomic mass is 19.1. The van der Waals surface area contributed by atoms with E-state index >= 15 is 0 Å². The van der Waals surface area contributed by atoms with Gasteiger partial charge in [0, 0.05) is 6.42 Å². The zero-order valence-corrected chi connectivity index (χ0v) is 16.1. The molecular formula is C21H21FN4O3. The summed E-state index contributed by atoms with van der Waals surface area (Å²) in [5.74, 6) is 0.0828. The molecule has 1 fully saturated rings. The molecule has 1 saturated heterocycles. The summed E-state index contributed by atoms with van der Waals surface area (Å²) in [6.45, 7) is 3.82. The highest BCUT2D eigenvalue weighted by molar-refractivity contribution is 6.06. The summed E-state index contributed by atoms with van der Waals surface area (Å²) in [7, 11) is 0. The minimum absolute atomic E-state index is 0.0764. The van der Waals surface area contributed by atoms with Crippen LogP contribution in [0.2, 0.25) is 0 Å². The molecule has 1 atom stereocenters. The van der Waals surface area contributed by atoms with Crippen LogP contribution in [0.3, 0.4) is 0 Å². The number of nitrogens with one attached hydrogen (secondary N) is 2. The molecule has 8 heteroatoms. The lowest BCUT2D eigenvalue weighted by Gasteiger charge is -2.13. The van der Waals surface area contributed by atoms with Gasteiger partial charge in [-0.25, -0.2) is 9.07 Å². The number of fused-ring (bicyclic) bond motifs is 1. The molecule has 2 heterocycles. The Morgan fingerprint density at radius 2 is 2.03 bits per heavy atom. The lowest BCUT2D eigenvalue weighted by atomic mass is 10.2. The number of anilines is 1. The minimum atomic E-state index is -0.591. The van der Waals surface area contributed by atoms with E-state index in [4.69, 9.17) is 4.74 Å². The molecule has 150 valence electrons. The standard InChI is InChI=1S/C21H21FN4O3/c1-12(2)29-17-5-3-4-16-19(17)20(24-21(28)15-10-11-18(27)23-15)25-26(16)14-8-6-13(22)7-9-14/h3-9,12,15H,10-11H2,1-2H3,(H,23,27)(H,24,25,28)/t15-/m0/s1. The summed E-state index contributed by atoms with van der Waals surface area (Å²) in [4.78, 5) is 24.1. The summed E-state index contributed by atoms with van der Waals surface area (Å²) in [6, 6.07) is 10.8. The quantitative estimate of drug-likeness (QED) is 0.694. The van der Waals surface area contributed by atoms with Crippen molar-refractivity contribution in [2.24, 2.45) is 0 Å². The van der Waals surface area contributed by atoms with E-state index in [1.54, 1.807) is 16.8 Å². The van der Waals surface area contributed by atoms with E-state index in [9.17, 15) is 14.0 Å². The van der Waals surface area contributed by atoms with E-state index in [0.29, 0.717) is 41.0 Å². The number of ether oxygens (including phenoxy) is 1. The van der Waals surface area contributed by atoms with Gasteiger partial charge in [0.1, 0.15) is 17.6 Å². The normalized spacial score (nSPS) is 16.3. The number of hydrogen-bond acceptors (Lipinski definition) is 4. The SMILES string of the molecule is CC(C)Oc1cccc2c1c(NC(=O)[C@@H]1CCC(=O)N1)nn2-c1ccc(F)cc1. The Bertz CT molecular complexity index is 1080. The lowest BCUT2D eigenvalue weighted by molar-refractivity contribution is -0.122. The van der Waals surface area contributed by atoms with Gasteiger partial charge in [0.25, 0.3) is 0 Å². The van der Waals surface area contributed by atoms with Crippen LogP contribution in [-0.4, -0.2) is 33.7 Å². The number of amides is 2. The predicted molar refractivity (Wildman–Crippen MR) is 107 cm³/mol. The van der Waals surface area contributed by atoms with Gasteiger partial charge in [-0.2, -0.15) is 0 Å². The third-order valence-electron chi connectivity index (χ3n) is 4.66. The topological polar surface area (TPSA) is 85.2 Å². The Kier molecular flexibility index (Phi) is 4.92. The first-order valence-corrected chi connectivity index (χ1v) is 9.47. The zero-order chi connectivity index (χ0) is 20.5. The monoisotopic (exact) mass is 396 g/mol. The van der Waals surface area contributed by atoms with Crippen molar-refractivity contribution in [3.05, 3.63) is 48.3 Å². The molecule has 29 heavy (non-hydrogen) atoms. The maximum absolute atomic E-state index is 13.4. The predicted octanol–water partition coefficient (Wildman–Crippen LogP) is 3.17. The van der Waals surface area contributed by atoms with Crippen LogP contribution in [0.5, 0.6) is 5.75 Å². The number of hydrogen-bond donors (Lipinski definition) is 2. The Morgan fingerprint density at radius 1 is 1.28 bits per heavy atom. The molecule has 0 saturated carbocycles. The third-order valence-corrected chi connectivity index (χ3v) is 4.66. The smallest absolute Gasteiger partial charge is 0.248 e. The second-order valence-corrected chi connectivity index (χ2v) is 7.20. The van der Waals surface area contributed by atoms with Crippen molar-refractivity contribution in [2.45, 2.75) is 38.8 Å². The molecule has 1 aliphatic rings. The molecule has 0 spiro atoms. The Hall–Kier alpha value is -3.42. The maximum atomic E-state index is 13.4. The van der Waals surface area contributed by atoms with E-state index < -0.39 is 6.04 Å². The van der Waals surface area contributed by atoms with Crippen molar-refractivity contribution in [3.63, 3.8) is 0 Å². The van der Waals surface area contributed by atoms with Crippen molar-refractivity contribution in [3.8, 4) is 11.4 Å². The fraction of sp³-hybridized carbons (Fsp3) is 0.286. The van der Waals surface area contributed by atoms with Gasteiger partial charge in [0.2, 0.25) is 11.8 Å². The van der Waals surface area contributed by atoms with Crippen molar-refractivity contribution >= 4 is 28.5 Å². The molecule has 2 amide bonds. The summed E-state index contributed by atoms with van der Waals surface area (Å²) in [5, 5.41) is 10.7. The first-order chi connectivity index (χ1) is 13.9. The second kappa shape index (κ2) is 7.54. The highest BCUT2D eigenvalue weighted by Crippen LogP contribution is 2.34. The van der Waals surface area contributed by atoms with Crippen LogP contribution < -0.4 is 15.4 Å². The molecule has 0 radical (unpaired) electrons. The molecule has 2 N–H and O–H groups in total. The maximum Gasteiger partial charge on any atom is 0.248 e. The molecular weight excluding hydrogens is 375 g/mol. The Morgan fingerprint density at radius 3 is 2.69 bits per heavy atom. The number of rotatable bonds is 5. The average Bonchev–Trinajstić information content (AvgIpc) is 3.27. The number of nitrogens with zero attached hydrogens (tertiary/aromatic N) is 2. The number of benzene rings is 2. The summed E-state index contributed by atoms with van der Waals surface area (Å²) in [6.07, 6.45) is 0.689. The average molecular weight is 396 g/mol. The van der Waals surface area contributed by atoms with Crippen LogP contribution in [0, 0.1) is 5.82 Å². The van der Waals surface area contributed by atoms with Crippen LogP contribution in [0.1, 0.15) is 26.7 Å². The number of carbonyl (C=O) groups is 2. The van der Waals surface area contributed by atoms with Gasteiger partial charge < -0.3 is 15.4 Å². The van der Waals surface area contributed by atoms with Crippen molar-refractivity contribution in [1.82, 2.24) is 15.1 Å². The molecule has 0 unspecified atom stereocenters. The summed E-state index contributed by atoms with van der Waals surface area (Å²) >= 11 is 0.